The van der Waals surface area contributed by atoms with Crippen LogP contribution in [0.1, 0.15) is 27.9 Å². The third-order valence-electron chi connectivity index (χ3n) is 6.95. The van der Waals surface area contributed by atoms with Crippen molar-refractivity contribution in [3.8, 4) is 0 Å². The molecule has 38 heavy (non-hydrogen) atoms. The van der Waals surface area contributed by atoms with Gasteiger partial charge in [0, 0.05) is 44.8 Å². The summed E-state index contributed by atoms with van der Waals surface area (Å²) in [6, 6.07) is 10.4. The van der Waals surface area contributed by atoms with Crippen LogP contribution in [0, 0.1) is 13.8 Å². The molecule has 11 heteroatoms. The zero-order valence-electron chi connectivity index (χ0n) is 21.9. The number of aromatic nitrogens is 1. The quantitative estimate of drug-likeness (QED) is 0.419. The number of hydrogen-bond donors (Lipinski definition) is 0. The summed E-state index contributed by atoms with van der Waals surface area (Å²) >= 11 is 1.52. The molecule has 2 aliphatic rings. The van der Waals surface area contributed by atoms with Crippen molar-refractivity contribution in [2.24, 2.45) is 0 Å². The van der Waals surface area contributed by atoms with Crippen molar-refractivity contribution < 1.29 is 22.7 Å². The van der Waals surface area contributed by atoms with Crippen LogP contribution in [0.4, 0.5) is 5.13 Å². The average molecular weight is 559 g/mol. The molecule has 1 aromatic heterocycles. The van der Waals surface area contributed by atoms with Crippen molar-refractivity contribution in [1.82, 2.24) is 14.2 Å². The highest BCUT2D eigenvalue weighted by molar-refractivity contribution is 7.89. The van der Waals surface area contributed by atoms with Crippen molar-refractivity contribution in [3.63, 3.8) is 0 Å². The standard InChI is InChI=1S/C27H34N4O5S2/c1-20-18-21(2)25-24(19-20)28-27(37-25)31(9-3-8-29-10-14-35-15-11-29)26(32)22-4-6-23(7-5-22)38(33,34)30-12-16-36-17-13-30/h4-7,18-19H,3,8-17H2,1-2H3. The summed E-state index contributed by atoms with van der Waals surface area (Å²) in [6.07, 6.45) is 0.795. The smallest absolute Gasteiger partial charge is 0.260 e. The number of nitrogens with zero attached hydrogens (tertiary/aromatic N) is 4. The Bertz CT molecular complexity index is 1380. The normalized spacial score (nSPS) is 17.6. The Hall–Kier alpha value is -2.41. The van der Waals surface area contributed by atoms with Crippen LogP contribution in [0.3, 0.4) is 0 Å². The van der Waals surface area contributed by atoms with Crippen LogP contribution in [0.2, 0.25) is 0 Å². The van der Waals surface area contributed by atoms with E-state index in [1.807, 2.05) is 13.0 Å². The van der Waals surface area contributed by atoms with Crippen molar-refractivity contribution in [1.29, 1.82) is 0 Å². The van der Waals surface area contributed by atoms with E-state index < -0.39 is 10.0 Å². The molecule has 1 amide bonds. The fourth-order valence-corrected chi connectivity index (χ4v) is 7.35. The van der Waals surface area contributed by atoms with Crippen LogP contribution in [-0.4, -0.2) is 94.2 Å². The zero-order valence-corrected chi connectivity index (χ0v) is 23.5. The Morgan fingerprint density at radius 1 is 1.00 bits per heavy atom. The van der Waals surface area contributed by atoms with Crippen LogP contribution in [0.15, 0.2) is 41.3 Å². The van der Waals surface area contributed by atoms with Crippen molar-refractivity contribution in [3.05, 3.63) is 53.1 Å². The molecule has 0 saturated carbocycles. The van der Waals surface area contributed by atoms with Gasteiger partial charge in [0.15, 0.2) is 5.13 Å². The number of benzene rings is 2. The maximum Gasteiger partial charge on any atom is 0.260 e. The summed E-state index contributed by atoms with van der Waals surface area (Å²) in [7, 11) is -3.63. The van der Waals surface area contributed by atoms with E-state index in [0.29, 0.717) is 43.5 Å². The SMILES string of the molecule is Cc1cc(C)c2sc(N(CCCN3CCOCC3)C(=O)c3ccc(S(=O)(=O)N4CCOCC4)cc3)nc2c1. The monoisotopic (exact) mass is 558 g/mol. The fraction of sp³-hybridized carbons (Fsp3) is 0.481. The van der Waals surface area contributed by atoms with E-state index >= 15 is 0 Å². The largest absolute Gasteiger partial charge is 0.379 e. The molecule has 0 bridgehead atoms. The van der Waals surface area contributed by atoms with Gasteiger partial charge >= 0.3 is 0 Å². The van der Waals surface area contributed by atoms with E-state index in [1.165, 1.54) is 27.8 Å². The first-order valence-electron chi connectivity index (χ1n) is 13.0. The second-order valence-corrected chi connectivity index (χ2v) is 12.6. The third-order valence-corrected chi connectivity index (χ3v) is 10.1. The molecule has 2 saturated heterocycles. The molecule has 0 aliphatic carbocycles. The summed E-state index contributed by atoms with van der Waals surface area (Å²) in [5, 5.41) is 0.658. The van der Waals surface area contributed by atoms with Gasteiger partial charge in [-0.25, -0.2) is 13.4 Å². The maximum absolute atomic E-state index is 13.8. The Balaban J connectivity index is 1.39. The molecule has 0 radical (unpaired) electrons. The summed E-state index contributed by atoms with van der Waals surface area (Å²) < 4.78 is 39.3. The zero-order chi connectivity index (χ0) is 26.7. The number of aryl methyl sites for hydroxylation is 2. The number of rotatable bonds is 8. The number of anilines is 1. The molecule has 0 atom stereocenters. The predicted molar refractivity (Wildman–Crippen MR) is 149 cm³/mol. The minimum Gasteiger partial charge on any atom is -0.379 e. The van der Waals surface area contributed by atoms with Gasteiger partial charge in [-0.2, -0.15) is 4.31 Å². The molecule has 0 spiro atoms. The van der Waals surface area contributed by atoms with E-state index in [2.05, 4.69) is 17.9 Å². The number of amides is 1. The van der Waals surface area contributed by atoms with Gasteiger partial charge in [-0.15, -0.1) is 0 Å². The molecule has 3 aromatic rings. The van der Waals surface area contributed by atoms with E-state index in [4.69, 9.17) is 14.5 Å². The van der Waals surface area contributed by atoms with Gasteiger partial charge < -0.3 is 9.47 Å². The highest BCUT2D eigenvalue weighted by Gasteiger charge is 2.27. The predicted octanol–water partition coefficient (Wildman–Crippen LogP) is 3.30. The maximum atomic E-state index is 13.8. The number of morpholine rings is 2. The van der Waals surface area contributed by atoms with Crippen LogP contribution in [0.5, 0.6) is 0 Å². The minimum absolute atomic E-state index is 0.181. The van der Waals surface area contributed by atoms with E-state index in [9.17, 15) is 13.2 Å². The summed E-state index contributed by atoms with van der Waals surface area (Å²) in [5.74, 6) is -0.185. The number of sulfonamides is 1. The summed E-state index contributed by atoms with van der Waals surface area (Å²) in [4.78, 5) is 22.9. The fourth-order valence-electron chi connectivity index (χ4n) is 4.90. The highest BCUT2D eigenvalue weighted by atomic mass is 32.2. The third kappa shape index (κ3) is 5.93. The Kier molecular flexibility index (Phi) is 8.41. The molecule has 0 unspecified atom stereocenters. The molecule has 9 nitrogen and oxygen atoms in total. The first-order chi connectivity index (χ1) is 18.3. The van der Waals surface area contributed by atoms with Crippen LogP contribution in [0.25, 0.3) is 10.2 Å². The van der Waals surface area contributed by atoms with Crippen molar-refractivity contribution >= 4 is 42.6 Å². The molecule has 204 valence electrons. The second kappa shape index (κ2) is 11.8. The number of fused-ring (bicyclic) bond motifs is 1. The minimum atomic E-state index is -3.63. The van der Waals surface area contributed by atoms with Gasteiger partial charge in [0.25, 0.3) is 5.91 Å². The summed E-state index contributed by atoms with van der Waals surface area (Å²) in [5.41, 5.74) is 3.60. The molecule has 3 heterocycles. The Morgan fingerprint density at radius 3 is 2.34 bits per heavy atom. The van der Waals surface area contributed by atoms with Gasteiger partial charge in [-0.05, 0) is 61.7 Å². The van der Waals surface area contributed by atoms with Gasteiger partial charge in [-0.1, -0.05) is 17.4 Å². The number of carbonyl (C=O) groups is 1. The molecular weight excluding hydrogens is 524 g/mol. The van der Waals surface area contributed by atoms with E-state index in [-0.39, 0.29) is 10.8 Å². The summed E-state index contributed by atoms with van der Waals surface area (Å²) in [6.45, 7) is 10.2. The van der Waals surface area contributed by atoms with Gasteiger partial charge in [0.05, 0.1) is 41.5 Å². The van der Waals surface area contributed by atoms with Gasteiger partial charge in [0.1, 0.15) is 0 Å². The van der Waals surface area contributed by atoms with E-state index in [0.717, 1.165) is 60.6 Å². The lowest BCUT2D eigenvalue weighted by molar-refractivity contribution is 0.0376. The highest BCUT2D eigenvalue weighted by Crippen LogP contribution is 2.33. The second-order valence-electron chi connectivity index (χ2n) is 9.73. The Morgan fingerprint density at radius 2 is 1.66 bits per heavy atom. The van der Waals surface area contributed by atoms with Crippen molar-refractivity contribution in [2.75, 3.05) is 70.6 Å². The lowest BCUT2D eigenvalue weighted by atomic mass is 10.1. The number of ether oxygens (including phenoxy) is 2. The van der Waals surface area contributed by atoms with Gasteiger partial charge in [-0.3, -0.25) is 14.6 Å². The number of thiazole rings is 1. The Labute approximate surface area is 228 Å². The van der Waals surface area contributed by atoms with Gasteiger partial charge in [0.2, 0.25) is 10.0 Å². The number of hydrogen-bond acceptors (Lipinski definition) is 8. The average Bonchev–Trinajstić information content (AvgIpc) is 3.36. The molecule has 2 aliphatic heterocycles. The first-order valence-corrected chi connectivity index (χ1v) is 15.3. The number of carbonyl (C=O) groups excluding carboxylic acids is 1. The van der Waals surface area contributed by atoms with E-state index in [1.54, 1.807) is 17.0 Å². The van der Waals surface area contributed by atoms with Crippen LogP contribution in [-0.2, 0) is 19.5 Å². The topological polar surface area (TPSA) is 92.3 Å². The lowest BCUT2D eigenvalue weighted by Gasteiger charge is -2.28. The van der Waals surface area contributed by atoms with Crippen molar-refractivity contribution in [2.45, 2.75) is 25.2 Å². The molecular formula is C27H34N4O5S2. The molecule has 2 fully saturated rings. The van der Waals surface area contributed by atoms with Crippen LogP contribution >= 0.6 is 11.3 Å². The molecule has 5 rings (SSSR count). The van der Waals surface area contributed by atoms with Crippen LogP contribution < -0.4 is 4.90 Å². The first kappa shape index (κ1) is 27.2. The molecule has 0 N–H and O–H groups in total. The molecule has 2 aromatic carbocycles. The lowest BCUT2D eigenvalue weighted by Crippen LogP contribution is -2.40.